The minimum absolute atomic E-state index is 0.234. The molecule has 1 aromatic heterocycles. The zero-order valence-corrected chi connectivity index (χ0v) is 16.1. The normalized spacial score (nSPS) is 16.0. The van der Waals surface area contributed by atoms with E-state index in [2.05, 4.69) is 20.9 Å². The molecule has 2 heterocycles. The van der Waals surface area contributed by atoms with E-state index < -0.39 is 0 Å². The molecule has 27 heavy (non-hydrogen) atoms. The van der Waals surface area contributed by atoms with Crippen molar-refractivity contribution in [3.63, 3.8) is 0 Å². The first-order valence-corrected chi connectivity index (χ1v) is 9.36. The molecule has 2 aromatic rings. The maximum absolute atomic E-state index is 13.1. The van der Waals surface area contributed by atoms with E-state index in [1.807, 2.05) is 25.2 Å². The fourth-order valence-electron chi connectivity index (χ4n) is 3.26. The van der Waals surface area contributed by atoms with Gasteiger partial charge in [-0.05, 0) is 43.4 Å². The molecule has 1 fully saturated rings. The molecule has 0 atom stereocenters. The van der Waals surface area contributed by atoms with Crippen LogP contribution in [0.15, 0.2) is 42.7 Å². The van der Waals surface area contributed by atoms with Gasteiger partial charge in [0.25, 0.3) is 0 Å². The highest BCUT2D eigenvalue weighted by atomic mass is 19.1. The fourth-order valence-corrected chi connectivity index (χ4v) is 3.26. The van der Waals surface area contributed by atoms with Gasteiger partial charge in [-0.15, -0.1) is 0 Å². The van der Waals surface area contributed by atoms with Gasteiger partial charge in [-0.2, -0.15) is 0 Å². The number of benzene rings is 1. The van der Waals surface area contributed by atoms with Crippen LogP contribution in [0.3, 0.4) is 0 Å². The molecule has 0 aliphatic carbocycles. The molecule has 1 amide bonds. The summed E-state index contributed by atoms with van der Waals surface area (Å²) in [5.74, 6) is -0.00606. The highest BCUT2D eigenvalue weighted by Gasteiger charge is 2.20. The van der Waals surface area contributed by atoms with Gasteiger partial charge in [0.05, 0.1) is 0 Å². The Morgan fingerprint density at radius 2 is 1.85 bits per heavy atom. The largest absolute Gasteiger partial charge is 0.340 e. The Labute approximate surface area is 160 Å². The molecule has 6 heteroatoms. The Morgan fingerprint density at radius 1 is 1.07 bits per heavy atom. The third-order valence-corrected chi connectivity index (χ3v) is 4.88. The SMILES string of the molecule is CN(C)CCN1CCN(Cc2cncc(-c3ccc(F)cc3)c2)CCC1=O. The summed E-state index contributed by atoms with van der Waals surface area (Å²) >= 11 is 0. The molecular weight excluding hydrogens is 343 g/mol. The summed E-state index contributed by atoms with van der Waals surface area (Å²) in [5.41, 5.74) is 3.03. The van der Waals surface area contributed by atoms with Crippen molar-refractivity contribution in [3.8, 4) is 11.1 Å². The number of carbonyl (C=O) groups excluding carboxylic acids is 1. The van der Waals surface area contributed by atoms with Crippen LogP contribution in [0.25, 0.3) is 11.1 Å². The number of hydrogen-bond donors (Lipinski definition) is 0. The average molecular weight is 370 g/mol. The maximum Gasteiger partial charge on any atom is 0.223 e. The zero-order valence-electron chi connectivity index (χ0n) is 16.1. The molecule has 0 N–H and O–H groups in total. The monoisotopic (exact) mass is 370 g/mol. The molecular formula is C21H27FN4O. The van der Waals surface area contributed by atoms with Gasteiger partial charge in [-0.3, -0.25) is 14.7 Å². The second kappa shape index (κ2) is 9.06. The molecule has 0 unspecified atom stereocenters. The number of aromatic nitrogens is 1. The number of likely N-dealkylation sites (N-methyl/N-ethyl adjacent to an activating group) is 1. The molecule has 0 spiro atoms. The Morgan fingerprint density at radius 3 is 2.59 bits per heavy atom. The first-order chi connectivity index (χ1) is 13.0. The van der Waals surface area contributed by atoms with Crippen molar-refractivity contribution in [2.24, 2.45) is 0 Å². The molecule has 1 aromatic carbocycles. The Bertz CT molecular complexity index is 763. The first-order valence-electron chi connectivity index (χ1n) is 9.36. The van der Waals surface area contributed by atoms with Crippen molar-refractivity contribution in [1.82, 2.24) is 19.7 Å². The average Bonchev–Trinajstić information content (AvgIpc) is 2.82. The number of halogens is 1. The lowest BCUT2D eigenvalue weighted by molar-refractivity contribution is -0.130. The summed E-state index contributed by atoms with van der Waals surface area (Å²) in [5, 5.41) is 0. The number of pyridine rings is 1. The van der Waals surface area contributed by atoms with E-state index >= 15 is 0 Å². The van der Waals surface area contributed by atoms with Crippen LogP contribution in [0.1, 0.15) is 12.0 Å². The van der Waals surface area contributed by atoms with Crippen molar-refractivity contribution < 1.29 is 9.18 Å². The molecule has 0 saturated carbocycles. The Balaban J connectivity index is 1.63. The van der Waals surface area contributed by atoms with Gasteiger partial charge < -0.3 is 9.80 Å². The molecule has 3 rings (SSSR count). The summed E-state index contributed by atoms with van der Waals surface area (Å²) in [6.45, 7) is 4.81. The van der Waals surface area contributed by atoms with Gasteiger partial charge >= 0.3 is 0 Å². The van der Waals surface area contributed by atoms with Crippen LogP contribution in [0.2, 0.25) is 0 Å². The second-order valence-corrected chi connectivity index (χ2v) is 7.30. The molecule has 0 bridgehead atoms. The number of carbonyl (C=O) groups is 1. The lowest BCUT2D eigenvalue weighted by Gasteiger charge is -2.23. The molecule has 144 valence electrons. The van der Waals surface area contributed by atoms with E-state index in [1.165, 1.54) is 12.1 Å². The van der Waals surface area contributed by atoms with Crippen LogP contribution >= 0.6 is 0 Å². The summed E-state index contributed by atoms with van der Waals surface area (Å²) in [6.07, 6.45) is 4.22. The van der Waals surface area contributed by atoms with Crippen LogP contribution in [0, 0.1) is 5.82 Å². The van der Waals surface area contributed by atoms with Gasteiger partial charge in [0.2, 0.25) is 5.91 Å². The van der Waals surface area contributed by atoms with Crippen molar-refractivity contribution in [2.45, 2.75) is 13.0 Å². The first kappa shape index (κ1) is 19.5. The molecule has 1 aliphatic rings. The summed E-state index contributed by atoms with van der Waals surface area (Å²) in [7, 11) is 4.05. The molecule has 1 saturated heterocycles. The van der Waals surface area contributed by atoms with E-state index in [0.29, 0.717) is 6.42 Å². The van der Waals surface area contributed by atoms with Crippen LogP contribution in [0.4, 0.5) is 4.39 Å². The lowest BCUT2D eigenvalue weighted by atomic mass is 10.1. The number of nitrogens with zero attached hydrogens (tertiary/aromatic N) is 4. The lowest BCUT2D eigenvalue weighted by Crippen LogP contribution is -2.37. The van der Waals surface area contributed by atoms with Crippen molar-refractivity contribution in [2.75, 3.05) is 46.8 Å². The van der Waals surface area contributed by atoms with Gasteiger partial charge in [0, 0.05) is 63.6 Å². The third kappa shape index (κ3) is 5.58. The smallest absolute Gasteiger partial charge is 0.223 e. The predicted molar refractivity (Wildman–Crippen MR) is 105 cm³/mol. The Kier molecular flexibility index (Phi) is 6.53. The van der Waals surface area contributed by atoms with E-state index in [-0.39, 0.29) is 11.7 Å². The van der Waals surface area contributed by atoms with Crippen molar-refractivity contribution >= 4 is 5.91 Å². The van der Waals surface area contributed by atoms with Crippen LogP contribution in [0.5, 0.6) is 0 Å². The quantitative estimate of drug-likeness (QED) is 0.783. The predicted octanol–water partition coefficient (Wildman–Crippen LogP) is 2.48. The molecule has 1 aliphatic heterocycles. The highest BCUT2D eigenvalue weighted by molar-refractivity contribution is 5.76. The van der Waals surface area contributed by atoms with Crippen LogP contribution in [-0.4, -0.2) is 72.4 Å². The van der Waals surface area contributed by atoms with E-state index in [0.717, 1.165) is 56.0 Å². The van der Waals surface area contributed by atoms with E-state index in [9.17, 15) is 9.18 Å². The Hall–Kier alpha value is -2.31. The van der Waals surface area contributed by atoms with Crippen molar-refractivity contribution in [1.29, 1.82) is 0 Å². The van der Waals surface area contributed by atoms with Gasteiger partial charge in [0.1, 0.15) is 5.82 Å². The van der Waals surface area contributed by atoms with E-state index in [1.54, 1.807) is 18.3 Å². The summed E-state index contributed by atoms with van der Waals surface area (Å²) < 4.78 is 13.1. The van der Waals surface area contributed by atoms with Crippen molar-refractivity contribution in [3.05, 3.63) is 54.1 Å². The van der Waals surface area contributed by atoms with E-state index in [4.69, 9.17) is 0 Å². The van der Waals surface area contributed by atoms with Gasteiger partial charge in [0.15, 0.2) is 0 Å². The maximum atomic E-state index is 13.1. The van der Waals surface area contributed by atoms with Crippen LogP contribution in [-0.2, 0) is 11.3 Å². The van der Waals surface area contributed by atoms with Gasteiger partial charge in [-0.1, -0.05) is 12.1 Å². The molecule has 5 nitrogen and oxygen atoms in total. The standard InChI is InChI=1S/C21H27FN4O/c1-24(2)9-11-26-12-10-25(8-7-21(26)27)16-17-13-19(15-23-14-17)18-3-5-20(22)6-4-18/h3-6,13-15H,7-12,16H2,1-2H3. The minimum atomic E-state index is -0.240. The summed E-state index contributed by atoms with van der Waals surface area (Å²) in [4.78, 5) is 23.0. The number of amides is 1. The molecule has 0 radical (unpaired) electrons. The van der Waals surface area contributed by atoms with Gasteiger partial charge in [-0.25, -0.2) is 4.39 Å². The third-order valence-electron chi connectivity index (χ3n) is 4.88. The topological polar surface area (TPSA) is 39.7 Å². The number of rotatable bonds is 6. The highest BCUT2D eigenvalue weighted by Crippen LogP contribution is 2.20. The minimum Gasteiger partial charge on any atom is -0.340 e. The van der Waals surface area contributed by atoms with Crippen LogP contribution < -0.4 is 0 Å². The zero-order chi connectivity index (χ0) is 19.2. The summed E-state index contributed by atoms with van der Waals surface area (Å²) in [6, 6.07) is 8.55. The number of hydrogen-bond acceptors (Lipinski definition) is 4. The fraction of sp³-hybridized carbons (Fsp3) is 0.429. The second-order valence-electron chi connectivity index (χ2n) is 7.30.